The van der Waals surface area contributed by atoms with Crippen molar-refractivity contribution in [3.05, 3.63) is 35.9 Å². The molecule has 0 saturated heterocycles. The van der Waals surface area contributed by atoms with Crippen molar-refractivity contribution in [3.8, 4) is 0 Å². The summed E-state index contributed by atoms with van der Waals surface area (Å²) in [5, 5.41) is 8.85. The van der Waals surface area contributed by atoms with Crippen molar-refractivity contribution < 1.29 is 15.5 Å². The average molecular weight is 169 g/mol. The van der Waals surface area contributed by atoms with E-state index in [1.807, 2.05) is 0 Å². The topological polar surface area (TPSA) is 63.3 Å². The molecule has 0 saturated carbocycles. The fourth-order valence-electron chi connectivity index (χ4n) is 0.769. The number of hydrogen-bond donors (Lipinski definition) is 2. The molecule has 0 aromatic heterocycles. The Bertz CT molecular complexity index is 373. The highest BCUT2D eigenvalue weighted by Gasteiger charge is 2.10. The van der Waals surface area contributed by atoms with E-state index in [1.165, 1.54) is 12.1 Å². The monoisotopic (exact) mass is 169 g/mol. The van der Waals surface area contributed by atoms with E-state index in [0.717, 1.165) is 0 Å². The summed E-state index contributed by atoms with van der Waals surface area (Å²) in [6.45, 7) is 0. The van der Waals surface area contributed by atoms with Gasteiger partial charge in [-0.05, 0) is 12.0 Å². The Balaban J connectivity index is 3.11. The zero-order valence-electron chi connectivity index (χ0n) is 10.3. The summed E-state index contributed by atoms with van der Waals surface area (Å²) in [7, 11) is 0. The van der Waals surface area contributed by atoms with Gasteiger partial charge in [-0.25, -0.2) is 0 Å². The van der Waals surface area contributed by atoms with E-state index in [4.69, 9.17) is 10.7 Å². The van der Waals surface area contributed by atoms with Crippen LogP contribution in [0.2, 0.25) is 2.82 Å². The zero-order valence-corrected chi connectivity index (χ0v) is 6.27. The van der Waals surface area contributed by atoms with Gasteiger partial charge in [0.15, 0.2) is 0 Å². The molecule has 0 heterocycles. The first-order valence-electron chi connectivity index (χ1n) is 5.36. The Labute approximate surface area is 76.6 Å². The smallest absolute Gasteiger partial charge is 0.320 e. The average Bonchev–Trinajstić information content (AvgIpc) is 2.27. The molecule has 0 spiro atoms. The third-order valence-electron chi connectivity index (χ3n) is 1.32. The SMILES string of the molecule is [2H]C(c1ccccc1)[C@@]([2H])(C(=O)O)N([2H])[2H]. The number of hydrogen-bond acceptors (Lipinski definition) is 2. The van der Waals surface area contributed by atoms with E-state index in [1.54, 1.807) is 18.2 Å². The first kappa shape index (κ1) is 4.62. The Morgan fingerprint density at radius 2 is 2.42 bits per heavy atom. The minimum Gasteiger partial charge on any atom is -0.480 e. The fourth-order valence-corrected chi connectivity index (χ4v) is 0.769. The molecule has 0 bridgehead atoms. The normalized spacial score (nSPS) is 22.8. The molecule has 1 unspecified atom stereocenters. The van der Waals surface area contributed by atoms with Gasteiger partial charge in [-0.1, -0.05) is 30.3 Å². The molecule has 0 aliphatic heterocycles. The second-order valence-corrected chi connectivity index (χ2v) is 2.25. The van der Waals surface area contributed by atoms with Gasteiger partial charge in [-0.3, -0.25) is 4.79 Å². The fraction of sp³-hybridized carbons (Fsp3) is 0.222. The molecule has 3 N–H and O–H groups in total. The molecule has 0 amide bonds. The third-order valence-corrected chi connectivity index (χ3v) is 1.32. The molecule has 1 aromatic rings. The van der Waals surface area contributed by atoms with Gasteiger partial charge in [0.05, 0.1) is 1.37 Å². The number of aliphatic carboxylic acids is 1. The van der Waals surface area contributed by atoms with Gasteiger partial charge in [0, 0.05) is 1.37 Å². The molecular weight excluding hydrogens is 154 g/mol. The highest BCUT2D eigenvalue weighted by Crippen LogP contribution is 2.01. The minimum atomic E-state index is -2.64. The van der Waals surface area contributed by atoms with Crippen LogP contribution >= 0.6 is 0 Å². The summed E-state index contributed by atoms with van der Waals surface area (Å²) in [4.78, 5) is 10.9. The summed E-state index contributed by atoms with van der Waals surface area (Å²) in [6.07, 6.45) is -1.53. The maximum atomic E-state index is 10.9. The van der Waals surface area contributed by atoms with E-state index in [-0.39, 0.29) is 11.3 Å². The molecule has 0 fully saturated rings. The summed E-state index contributed by atoms with van der Waals surface area (Å²) in [5.41, 5.74) is 0.0180. The first-order chi connectivity index (χ1) is 7.40. The predicted molar refractivity (Wildman–Crippen MR) is 45.8 cm³/mol. The lowest BCUT2D eigenvalue weighted by Gasteiger charge is -2.04. The first-order valence-corrected chi connectivity index (χ1v) is 3.39. The van der Waals surface area contributed by atoms with Crippen molar-refractivity contribution in [2.75, 3.05) is 0 Å². The summed E-state index contributed by atoms with van der Waals surface area (Å²) in [6, 6.07) is 5.26. The summed E-state index contributed by atoms with van der Waals surface area (Å²) >= 11 is 0. The van der Waals surface area contributed by atoms with E-state index in [0.29, 0.717) is 0 Å². The second-order valence-electron chi connectivity index (χ2n) is 2.25. The third kappa shape index (κ3) is 2.36. The Morgan fingerprint density at radius 3 is 2.92 bits per heavy atom. The minimum absolute atomic E-state index is 0.264. The van der Waals surface area contributed by atoms with Crippen molar-refractivity contribution in [3.63, 3.8) is 0 Å². The molecule has 1 aromatic carbocycles. The Hall–Kier alpha value is -1.35. The van der Waals surface area contributed by atoms with Gasteiger partial charge >= 0.3 is 5.97 Å². The maximum Gasteiger partial charge on any atom is 0.320 e. The van der Waals surface area contributed by atoms with Crippen LogP contribution in [0.3, 0.4) is 0 Å². The number of nitrogens with two attached hydrogens (primary N) is 1. The van der Waals surface area contributed by atoms with Gasteiger partial charge in [-0.2, -0.15) is 0 Å². The molecule has 3 heteroatoms. The van der Waals surface area contributed by atoms with Gasteiger partial charge in [0.1, 0.15) is 8.84 Å². The van der Waals surface area contributed by atoms with Gasteiger partial charge in [0.25, 0.3) is 0 Å². The number of carbonyl (C=O) groups is 1. The van der Waals surface area contributed by atoms with Crippen LogP contribution in [0, 0.1) is 0 Å². The zero-order chi connectivity index (χ0) is 12.3. The standard InChI is InChI=1S/C9H11NO2/c10-8(9(11)12)6-7-4-2-1-3-5-7/h1-5,8H,6,10H2,(H,11,12)/t8-/m0/s1/i6D,8D/hD2/t6?,8-. The highest BCUT2D eigenvalue weighted by atomic mass is 16.4. The van der Waals surface area contributed by atoms with Gasteiger partial charge in [0.2, 0.25) is 0 Å². The maximum absolute atomic E-state index is 10.9. The Kier molecular flexibility index (Phi) is 1.49. The lowest BCUT2D eigenvalue weighted by Crippen LogP contribution is -2.32. The number of carboxylic acid groups (broad SMARTS) is 1. The van der Waals surface area contributed by atoms with Crippen molar-refractivity contribution in [2.24, 2.45) is 5.72 Å². The van der Waals surface area contributed by atoms with Crippen LogP contribution in [0.1, 0.15) is 8.30 Å². The molecular formula is C9H11NO2. The number of carboxylic acids is 1. The van der Waals surface area contributed by atoms with Crippen LogP contribution in [0.5, 0.6) is 0 Å². The molecule has 0 aliphatic carbocycles. The van der Waals surface area contributed by atoms with E-state index < -0.39 is 18.4 Å². The summed E-state index contributed by atoms with van der Waals surface area (Å²) in [5.74, 6) is -1.69. The molecule has 2 atom stereocenters. The largest absolute Gasteiger partial charge is 0.480 e. The molecule has 0 radical (unpaired) electrons. The highest BCUT2D eigenvalue weighted by molar-refractivity contribution is 5.73. The van der Waals surface area contributed by atoms with Crippen LogP contribution < -0.4 is 5.72 Å². The van der Waals surface area contributed by atoms with Gasteiger partial charge < -0.3 is 10.8 Å². The van der Waals surface area contributed by atoms with Crippen molar-refractivity contribution >= 4 is 5.97 Å². The summed E-state index contributed by atoms with van der Waals surface area (Å²) < 4.78 is 29.1. The van der Waals surface area contributed by atoms with E-state index >= 15 is 0 Å². The van der Waals surface area contributed by atoms with Crippen LogP contribution in [-0.2, 0) is 11.2 Å². The number of rotatable bonds is 4. The van der Waals surface area contributed by atoms with E-state index in [9.17, 15) is 4.79 Å². The lowest BCUT2D eigenvalue weighted by atomic mass is 10.1. The van der Waals surface area contributed by atoms with Crippen molar-refractivity contribution in [2.45, 2.75) is 12.4 Å². The number of benzene rings is 1. The molecule has 0 aliphatic rings. The van der Waals surface area contributed by atoms with Crippen LogP contribution in [0.15, 0.2) is 30.3 Å². The molecule has 3 nitrogen and oxygen atoms in total. The second kappa shape index (κ2) is 3.88. The molecule has 12 heavy (non-hydrogen) atoms. The predicted octanol–water partition coefficient (Wildman–Crippen LogP) is 0.641. The lowest BCUT2D eigenvalue weighted by molar-refractivity contribution is -0.138. The van der Waals surface area contributed by atoms with Crippen LogP contribution in [-0.4, -0.2) is 17.1 Å². The van der Waals surface area contributed by atoms with Crippen LogP contribution in [0.25, 0.3) is 0 Å². The molecule has 1 rings (SSSR count). The van der Waals surface area contributed by atoms with Gasteiger partial charge in [-0.15, -0.1) is 0 Å². The molecule has 64 valence electrons. The quantitative estimate of drug-likeness (QED) is 0.695. The van der Waals surface area contributed by atoms with Crippen molar-refractivity contribution in [1.82, 2.24) is 0 Å². The Morgan fingerprint density at radius 1 is 1.75 bits per heavy atom. The van der Waals surface area contributed by atoms with Crippen molar-refractivity contribution in [1.29, 1.82) is 0 Å². The van der Waals surface area contributed by atoms with E-state index in [2.05, 4.69) is 0 Å². The van der Waals surface area contributed by atoms with Crippen LogP contribution in [0.4, 0.5) is 0 Å².